The third kappa shape index (κ3) is 2.13. The summed E-state index contributed by atoms with van der Waals surface area (Å²) in [5.74, 6) is -0.0510. The van der Waals surface area contributed by atoms with E-state index in [1.807, 2.05) is 39.0 Å². The summed E-state index contributed by atoms with van der Waals surface area (Å²) in [4.78, 5) is 14.1. The van der Waals surface area contributed by atoms with Gasteiger partial charge in [0.1, 0.15) is 6.04 Å². The lowest BCUT2D eigenvalue weighted by atomic mass is 10.0. The normalized spacial score (nSPS) is 24.4. The largest absolute Gasteiger partial charge is 0.394 e. The molecular weight excluding hydrogens is 228 g/mol. The minimum Gasteiger partial charge on any atom is -0.394 e. The van der Waals surface area contributed by atoms with Crippen LogP contribution in [0.1, 0.15) is 18.1 Å². The summed E-state index contributed by atoms with van der Waals surface area (Å²) in [6.07, 6.45) is 0. The van der Waals surface area contributed by atoms with Crippen LogP contribution >= 0.6 is 0 Å². The number of amides is 1. The number of aliphatic hydroxyl groups excluding tert-OH is 1. The Morgan fingerprint density at radius 1 is 1.44 bits per heavy atom. The Labute approximate surface area is 108 Å². The highest BCUT2D eigenvalue weighted by molar-refractivity contribution is 5.99. The number of carbonyl (C=O) groups is 1. The van der Waals surface area contributed by atoms with E-state index in [4.69, 9.17) is 0 Å². The van der Waals surface area contributed by atoms with Gasteiger partial charge in [-0.3, -0.25) is 4.79 Å². The van der Waals surface area contributed by atoms with E-state index >= 15 is 0 Å². The first-order valence-electron chi connectivity index (χ1n) is 6.29. The Morgan fingerprint density at radius 2 is 2.17 bits per heavy atom. The van der Waals surface area contributed by atoms with Crippen LogP contribution in [0.25, 0.3) is 0 Å². The number of hydrogen-bond acceptors (Lipinski definition) is 3. The number of hydrogen-bond donors (Lipinski definition) is 2. The van der Waals surface area contributed by atoms with E-state index in [1.165, 1.54) is 5.56 Å². The van der Waals surface area contributed by atoms with Gasteiger partial charge >= 0.3 is 0 Å². The van der Waals surface area contributed by atoms with Gasteiger partial charge < -0.3 is 15.3 Å². The van der Waals surface area contributed by atoms with E-state index in [9.17, 15) is 9.90 Å². The maximum Gasteiger partial charge on any atom is 0.246 e. The van der Waals surface area contributed by atoms with Crippen LogP contribution in [-0.4, -0.2) is 36.2 Å². The molecule has 4 nitrogen and oxygen atoms in total. The molecule has 0 saturated carbocycles. The van der Waals surface area contributed by atoms with E-state index < -0.39 is 6.04 Å². The number of nitrogens with zero attached hydrogens (tertiary/aromatic N) is 1. The number of nitrogens with one attached hydrogen (secondary N) is 1. The van der Waals surface area contributed by atoms with Crippen LogP contribution in [-0.2, 0) is 4.79 Å². The molecule has 1 aromatic carbocycles. The Morgan fingerprint density at radius 3 is 2.83 bits per heavy atom. The summed E-state index contributed by atoms with van der Waals surface area (Å²) in [7, 11) is 0. The van der Waals surface area contributed by atoms with Gasteiger partial charge in [-0.05, 0) is 38.0 Å². The Bertz CT molecular complexity index is 459. The van der Waals surface area contributed by atoms with Crippen LogP contribution in [0, 0.1) is 13.8 Å². The van der Waals surface area contributed by atoms with Gasteiger partial charge in [0.15, 0.2) is 0 Å². The zero-order chi connectivity index (χ0) is 13.3. The van der Waals surface area contributed by atoms with Crippen molar-refractivity contribution in [2.24, 2.45) is 0 Å². The molecule has 2 rings (SSSR count). The maximum absolute atomic E-state index is 12.3. The van der Waals surface area contributed by atoms with Crippen LogP contribution < -0.4 is 10.2 Å². The van der Waals surface area contributed by atoms with Crippen molar-refractivity contribution in [1.29, 1.82) is 0 Å². The van der Waals surface area contributed by atoms with Crippen molar-refractivity contribution in [2.75, 3.05) is 18.1 Å². The van der Waals surface area contributed by atoms with Gasteiger partial charge in [-0.25, -0.2) is 0 Å². The first-order chi connectivity index (χ1) is 8.56. The summed E-state index contributed by atoms with van der Waals surface area (Å²) in [6.45, 7) is 6.62. The SMILES string of the molecule is Cc1cccc(N2C(=O)C(CO)NCC2C)c1C. The summed E-state index contributed by atoms with van der Waals surface area (Å²) in [5.41, 5.74) is 3.25. The molecule has 98 valence electrons. The summed E-state index contributed by atoms with van der Waals surface area (Å²) < 4.78 is 0. The fraction of sp³-hybridized carbons (Fsp3) is 0.500. The van der Waals surface area contributed by atoms with Gasteiger partial charge in [-0.1, -0.05) is 12.1 Å². The Balaban J connectivity index is 2.40. The number of anilines is 1. The van der Waals surface area contributed by atoms with Gasteiger partial charge in [0.05, 0.1) is 6.61 Å². The van der Waals surface area contributed by atoms with Gasteiger partial charge in [-0.2, -0.15) is 0 Å². The van der Waals surface area contributed by atoms with E-state index in [-0.39, 0.29) is 18.6 Å². The number of piperazine rings is 1. The van der Waals surface area contributed by atoms with Crippen molar-refractivity contribution in [3.05, 3.63) is 29.3 Å². The van der Waals surface area contributed by atoms with Gasteiger partial charge in [0.25, 0.3) is 0 Å². The minimum absolute atomic E-state index is 0.0510. The highest BCUT2D eigenvalue weighted by atomic mass is 16.3. The second-order valence-corrected chi connectivity index (χ2v) is 4.92. The molecule has 2 unspecified atom stereocenters. The zero-order valence-corrected chi connectivity index (χ0v) is 11.1. The topological polar surface area (TPSA) is 52.6 Å². The minimum atomic E-state index is -0.485. The summed E-state index contributed by atoms with van der Waals surface area (Å²) in [5, 5.41) is 12.3. The van der Waals surface area contributed by atoms with Crippen LogP contribution in [0.5, 0.6) is 0 Å². The number of aryl methyl sites for hydroxylation is 1. The molecule has 0 aliphatic carbocycles. The smallest absolute Gasteiger partial charge is 0.246 e. The van der Waals surface area contributed by atoms with E-state index in [0.29, 0.717) is 6.54 Å². The fourth-order valence-corrected chi connectivity index (χ4v) is 2.37. The average molecular weight is 248 g/mol. The van der Waals surface area contributed by atoms with Gasteiger partial charge in [0.2, 0.25) is 5.91 Å². The molecule has 18 heavy (non-hydrogen) atoms. The highest BCUT2D eigenvalue weighted by Crippen LogP contribution is 2.26. The Hall–Kier alpha value is -1.39. The molecule has 0 bridgehead atoms. The lowest BCUT2D eigenvalue weighted by molar-refractivity contribution is -0.123. The lowest BCUT2D eigenvalue weighted by Gasteiger charge is -2.38. The summed E-state index contributed by atoms with van der Waals surface area (Å²) in [6, 6.07) is 5.59. The molecule has 1 aliphatic rings. The third-order valence-corrected chi connectivity index (χ3v) is 3.65. The fourth-order valence-electron chi connectivity index (χ4n) is 2.37. The van der Waals surface area contributed by atoms with Crippen molar-refractivity contribution >= 4 is 11.6 Å². The third-order valence-electron chi connectivity index (χ3n) is 3.65. The monoisotopic (exact) mass is 248 g/mol. The van der Waals surface area contributed by atoms with Crippen molar-refractivity contribution < 1.29 is 9.90 Å². The van der Waals surface area contributed by atoms with Crippen LogP contribution in [0.15, 0.2) is 18.2 Å². The first-order valence-corrected chi connectivity index (χ1v) is 6.29. The quantitative estimate of drug-likeness (QED) is 0.820. The summed E-state index contributed by atoms with van der Waals surface area (Å²) >= 11 is 0. The molecule has 0 aromatic heterocycles. The molecule has 4 heteroatoms. The predicted octanol–water partition coefficient (Wildman–Crippen LogP) is 0.989. The Kier molecular flexibility index (Phi) is 3.68. The molecule has 1 aromatic rings. The highest BCUT2D eigenvalue weighted by Gasteiger charge is 2.33. The molecule has 1 saturated heterocycles. The first kappa shape index (κ1) is 13.1. The number of benzene rings is 1. The second kappa shape index (κ2) is 5.08. The lowest BCUT2D eigenvalue weighted by Crippen LogP contribution is -2.61. The van der Waals surface area contributed by atoms with E-state index in [0.717, 1.165) is 11.3 Å². The average Bonchev–Trinajstić information content (AvgIpc) is 2.35. The molecule has 1 heterocycles. The van der Waals surface area contributed by atoms with E-state index in [2.05, 4.69) is 5.32 Å². The number of carbonyl (C=O) groups excluding carboxylic acids is 1. The molecule has 2 atom stereocenters. The molecular formula is C14H20N2O2. The standard InChI is InChI=1S/C14H20N2O2/c1-9-5-4-6-13(11(9)3)16-10(2)7-15-12(8-17)14(16)18/h4-6,10,12,15,17H,7-8H2,1-3H3. The molecule has 1 aliphatic heterocycles. The van der Waals surface area contributed by atoms with Crippen molar-refractivity contribution in [3.8, 4) is 0 Å². The van der Waals surface area contributed by atoms with Crippen LogP contribution in [0.2, 0.25) is 0 Å². The van der Waals surface area contributed by atoms with Gasteiger partial charge in [0, 0.05) is 18.3 Å². The second-order valence-electron chi connectivity index (χ2n) is 4.92. The van der Waals surface area contributed by atoms with Crippen molar-refractivity contribution in [1.82, 2.24) is 5.32 Å². The molecule has 0 spiro atoms. The molecule has 0 radical (unpaired) electrons. The van der Waals surface area contributed by atoms with Gasteiger partial charge in [-0.15, -0.1) is 0 Å². The van der Waals surface area contributed by atoms with Crippen LogP contribution in [0.3, 0.4) is 0 Å². The van der Waals surface area contributed by atoms with Crippen molar-refractivity contribution in [2.45, 2.75) is 32.9 Å². The van der Waals surface area contributed by atoms with Crippen LogP contribution in [0.4, 0.5) is 5.69 Å². The maximum atomic E-state index is 12.3. The van der Waals surface area contributed by atoms with Crippen molar-refractivity contribution in [3.63, 3.8) is 0 Å². The number of aliphatic hydroxyl groups is 1. The van der Waals surface area contributed by atoms with E-state index in [1.54, 1.807) is 4.90 Å². The zero-order valence-electron chi connectivity index (χ0n) is 11.1. The molecule has 1 fully saturated rings. The number of rotatable bonds is 2. The molecule has 1 amide bonds. The molecule has 2 N–H and O–H groups in total. The predicted molar refractivity (Wildman–Crippen MR) is 71.7 cm³/mol.